The van der Waals surface area contributed by atoms with Crippen molar-refractivity contribution in [2.45, 2.75) is 13.8 Å². The van der Waals surface area contributed by atoms with Gasteiger partial charge in [-0.25, -0.2) is 14.8 Å². The van der Waals surface area contributed by atoms with Crippen LogP contribution in [0.15, 0.2) is 36.5 Å². The van der Waals surface area contributed by atoms with E-state index < -0.39 is 5.97 Å². The number of H-pyrrole nitrogens is 1. The fourth-order valence-corrected chi connectivity index (χ4v) is 3.09. The molecule has 4 aromatic rings. The van der Waals surface area contributed by atoms with Crippen LogP contribution in [-0.2, 0) is 7.05 Å². The fraction of sp³-hybridized carbons (Fsp3) is 0.158. The molecular formula is C19H18N6O2. The molecule has 0 aliphatic heterocycles. The Balaban J connectivity index is 1.66. The topological polar surface area (TPSA) is 109 Å². The van der Waals surface area contributed by atoms with Crippen LogP contribution in [0, 0.1) is 13.8 Å². The number of nitrogens with zero attached hydrogens (tertiary/aromatic N) is 4. The molecule has 3 aromatic heterocycles. The first-order chi connectivity index (χ1) is 12.9. The molecule has 0 bridgehead atoms. The van der Waals surface area contributed by atoms with Crippen molar-refractivity contribution in [3.63, 3.8) is 0 Å². The maximum Gasteiger partial charge on any atom is 0.353 e. The first kappa shape index (κ1) is 16.8. The summed E-state index contributed by atoms with van der Waals surface area (Å²) in [5.41, 5.74) is 5.51. The number of carboxylic acid groups (broad SMARTS) is 1. The number of hydrogen-bond acceptors (Lipinski definition) is 5. The molecule has 136 valence electrons. The molecule has 27 heavy (non-hydrogen) atoms. The van der Waals surface area contributed by atoms with Gasteiger partial charge in [0.15, 0.2) is 0 Å². The van der Waals surface area contributed by atoms with Crippen LogP contribution >= 0.6 is 0 Å². The highest BCUT2D eigenvalue weighted by Gasteiger charge is 2.12. The lowest BCUT2D eigenvalue weighted by Gasteiger charge is -2.06. The maximum atomic E-state index is 11.0. The standard InChI is InChI=1S/C19H18N6O2/c1-10-11(2)25(3)17-5-4-12(8-13(10)17)21-19-20-7-6-14(22-19)15-9-16(18(26)27)24-23-15/h4-9H,1-3H3,(H,23,24)(H,26,27)(H,20,21,22). The molecule has 0 fully saturated rings. The summed E-state index contributed by atoms with van der Waals surface area (Å²) in [6.07, 6.45) is 1.61. The van der Waals surface area contributed by atoms with E-state index in [0.29, 0.717) is 17.3 Å². The molecule has 4 rings (SSSR count). The summed E-state index contributed by atoms with van der Waals surface area (Å²) in [5, 5.41) is 19.9. The van der Waals surface area contributed by atoms with Crippen LogP contribution in [0.5, 0.6) is 0 Å². The number of aromatic nitrogens is 5. The second-order valence-electron chi connectivity index (χ2n) is 6.36. The minimum atomic E-state index is -1.07. The molecule has 0 saturated carbocycles. The third-order valence-electron chi connectivity index (χ3n) is 4.79. The van der Waals surface area contributed by atoms with Gasteiger partial charge in [0.1, 0.15) is 11.4 Å². The van der Waals surface area contributed by atoms with Crippen LogP contribution in [0.1, 0.15) is 21.7 Å². The van der Waals surface area contributed by atoms with Gasteiger partial charge in [0.2, 0.25) is 5.95 Å². The zero-order chi connectivity index (χ0) is 19.1. The average molecular weight is 362 g/mol. The lowest BCUT2D eigenvalue weighted by atomic mass is 10.1. The maximum absolute atomic E-state index is 11.0. The number of hydrogen-bond donors (Lipinski definition) is 3. The van der Waals surface area contributed by atoms with E-state index in [1.54, 1.807) is 12.3 Å². The predicted molar refractivity (Wildman–Crippen MR) is 102 cm³/mol. The Kier molecular flexibility index (Phi) is 3.88. The van der Waals surface area contributed by atoms with E-state index in [4.69, 9.17) is 5.11 Å². The van der Waals surface area contributed by atoms with Crippen molar-refractivity contribution in [3.8, 4) is 11.4 Å². The monoisotopic (exact) mass is 362 g/mol. The number of aromatic amines is 1. The van der Waals surface area contributed by atoms with E-state index in [2.05, 4.69) is 63.1 Å². The fourth-order valence-electron chi connectivity index (χ4n) is 3.09. The number of nitrogens with one attached hydrogen (secondary N) is 2. The van der Waals surface area contributed by atoms with E-state index in [1.807, 2.05) is 6.07 Å². The Morgan fingerprint density at radius 1 is 1.19 bits per heavy atom. The Labute approximate surface area is 154 Å². The molecule has 3 N–H and O–H groups in total. The number of rotatable bonds is 4. The van der Waals surface area contributed by atoms with Gasteiger partial charge >= 0.3 is 5.97 Å². The highest BCUT2D eigenvalue weighted by molar-refractivity contribution is 5.89. The minimum absolute atomic E-state index is 0.0125. The predicted octanol–water partition coefficient (Wildman–Crippen LogP) is 3.42. The summed E-state index contributed by atoms with van der Waals surface area (Å²) in [4.78, 5) is 19.7. The van der Waals surface area contributed by atoms with E-state index in [-0.39, 0.29) is 5.69 Å². The quantitative estimate of drug-likeness (QED) is 0.513. The van der Waals surface area contributed by atoms with Crippen molar-refractivity contribution in [2.75, 3.05) is 5.32 Å². The van der Waals surface area contributed by atoms with Crippen molar-refractivity contribution in [3.05, 3.63) is 53.5 Å². The van der Waals surface area contributed by atoms with Gasteiger partial charge < -0.3 is 15.0 Å². The number of fused-ring (bicyclic) bond motifs is 1. The number of carbonyl (C=O) groups is 1. The Morgan fingerprint density at radius 3 is 2.74 bits per heavy atom. The van der Waals surface area contributed by atoms with Gasteiger partial charge in [-0.05, 0) is 43.7 Å². The number of aromatic carboxylic acids is 1. The SMILES string of the molecule is Cc1c(C)n(C)c2ccc(Nc3nccc(-c4cc(C(=O)O)[nH]n4)n3)cc12. The van der Waals surface area contributed by atoms with Crippen molar-refractivity contribution in [1.29, 1.82) is 0 Å². The zero-order valence-electron chi connectivity index (χ0n) is 15.1. The summed E-state index contributed by atoms with van der Waals surface area (Å²) in [6.45, 7) is 4.21. The summed E-state index contributed by atoms with van der Waals surface area (Å²) >= 11 is 0. The number of aryl methyl sites for hydroxylation is 2. The van der Waals surface area contributed by atoms with Crippen LogP contribution < -0.4 is 5.32 Å². The average Bonchev–Trinajstić information content (AvgIpc) is 3.23. The largest absolute Gasteiger partial charge is 0.477 e. The lowest BCUT2D eigenvalue weighted by Crippen LogP contribution is -1.98. The van der Waals surface area contributed by atoms with E-state index in [9.17, 15) is 4.79 Å². The highest BCUT2D eigenvalue weighted by atomic mass is 16.4. The molecule has 8 heteroatoms. The summed E-state index contributed by atoms with van der Waals surface area (Å²) in [5.74, 6) is -0.653. The summed E-state index contributed by atoms with van der Waals surface area (Å²) in [7, 11) is 2.06. The van der Waals surface area contributed by atoms with Crippen molar-refractivity contribution in [1.82, 2.24) is 24.7 Å². The zero-order valence-corrected chi connectivity index (χ0v) is 15.1. The van der Waals surface area contributed by atoms with Crippen LogP contribution in [0.25, 0.3) is 22.3 Å². The molecule has 0 aliphatic rings. The van der Waals surface area contributed by atoms with Gasteiger partial charge in [0.05, 0.1) is 5.69 Å². The van der Waals surface area contributed by atoms with E-state index in [1.165, 1.54) is 28.2 Å². The molecule has 3 heterocycles. The third-order valence-corrected chi connectivity index (χ3v) is 4.79. The first-order valence-electron chi connectivity index (χ1n) is 8.39. The Morgan fingerprint density at radius 2 is 2.00 bits per heavy atom. The molecule has 0 radical (unpaired) electrons. The lowest BCUT2D eigenvalue weighted by molar-refractivity contribution is 0.0690. The van der Waals surface area contributed by atoms with Crippen LogP contribution in [0.3, 0.4) is 0 Å². The van der Waals surface area contributed by atoms with Gasteiger partial charge in [0, 0.05) is 41.6 Å². The number of benzene rings is 1. The van der Waals surface area contributed by atoms with Gasteiger partial charge in [-0.15, -0.1) is 0 Å². The van der Waals surface area contributed by atoms with Gasteiger partial charge in [-0.1, -0.05) is 0 Å². The number of carboxylic acids is 1. The highest BCUT2D eigenvalue weighted by Crippen LogP contribution is 2.28. The molecule has 0 atom stereocenters. The van der Waals surface area contributed by atoms with Crippen LogP contribution in [0.4, 0.5) is 11.6 Å². The molecule has 0 spiro atoms. The smallest absolute Gasteiger partial charge is 0.353 e. The minimum Gasteiger partial charge on any atom is -0.477 e. The van der Waals surface area contributed by atoms with E-state index >= 15 is 0 Å². The molecule has 8 nitrogen and oxygen atoms in total. The van der Waals surface area contributed by atoms with Crippen molar-refractivity contribution < 1.29 is 9.90 Å². The van der Waals surface area contributed by atoms with Gasteiger partial charge in [-0.3, -0.25) is 5.10 Å². The summed E-state index contributed by atoms with van der Waals surface area (Å²) in [6, 6.07) is 9.24. The van der Waals surface area contributed by atoms with Gasteiger partial charge in [0.25, 0.3) is 0 Å². The van der Waals surface area contributed by atoms with Gasteiger partial charge in [-0.2, -0.15) is 5.10 Å². The molecule has 1 aromatic carbocycles. The molecule has 0 aliphatic carbocycles. The molecular weight excluding hydrogens is 344 g/mol. The second-order valence-corrected chi connectivity index (χ2v) is 6.36. The second kappa shape index (κ2) is 6.24. The van der Waals surface area contributed by atoms with Crippen LogP contribution in [-0.4, -0.2) is 35.8 Å². The summed E-state index contributed by atoms with van der Waals surface area (Å²) < 4.78 is 2.17. The van der Waals surface area contributed by atoms with Crippen molar-refractivity contribution >= 4 is 28.5 Å². The van der Waals surface area contributed by atoms with Crippen LogP contribution in [0.2, 0.25) is 0 Å². The molecule has 0 saturated heterocycles. The van der Waals surface area contributed by atoms with Crippen molar-refractivity contribution in [2.24, 2.45) is 7.05 Å². The Hall–Kier alpha value is -3.68. The normalized spacial score (nSPS) is 11.1. The number of anilines is 2. The first-order valence-corrected chi connectivity index (χ1v) is 8.39. The third kappa shape index (κ3) is 2.91. The Bertz CT molecular complexity index is 1170. The molecule has 0 unspecified atom stereocenters. The van der Waals surface area contributed by atoms with E-state index in [0.717, 1.165) is 5.69 Å². The molecule has 0 amide bonds.